The molecule has 28 heavy (non-hydrogen) atoms. The highest BCUT2D eigenvalue weighted by molar-refractivity contribution is 5.96. The monoisotopic (exact) mass is 381 g/mol. The Labute approximate surface area is 165 Å². The smallest absolute Gasteiger partial charge is 0.251 e. The molecule has 2 N–H and O–H groups in total. The average Bonchev–Trinajstić information content (AvgIpc) is 2.72. The summed E-state index contributed by atoms with van der Waals surface area (Å²) in [6.07, 6.45) is 0. The van der Waals surface area contributed by atoms with Gasteiger partial charge in [-0.05, 0) is 30.2 Å². The van der Waals surface area contributed by atoms with E-state index in [0.717, 1.165) is 44.0 Å². The molecule has 2 aromatic rings. The van der Waals surface area contributed by atoms with Crippen LogP contribution in [-0.4, -0.2) is 49.6 Å². The van der Waals surface area contributed by atoms with Crippen LogP contribution in [-0.2, 0) is 22.6 Å². The predicted octanol–water partition coefficient (Wildman–Crippen LogP) is 1.87. The third-order valence-corrected chi connectivity index (χ3v) is 4.82. The molecule has 1 fully saturated rings. The van der Waals surface area contributed by atoms with E-state index in [1.807, 2.05) is 37.3 Å². The van der Waals surface area contributed by atoms with Gasteiger partial charge in [-0.2, -0.15) is 0 Å². The van der Waals surface area contributed by atoms with Crippen LogP contribution in [0.15, 0.2) is 48.5 Å². The number of carbonyl (C=O) groups excluding carboxylic acids is 2. The van der Waals surface area contributed by atoms with Gasteiger partial charge in [0.25, 0.3) is 5.91 Å². The van der Waals surface area contributed by atoms with Crippen LogP contribution in [0.4, 0.5) is 0 Å². The molecule has 6 heteroatoms. The van der Waals surface area contributed by atoms with E-state index in [-0.39, 0.29) is 18.4 Å². The topological polar surface area (TPSA) is 70.7 Å². The van der Waals surface area contributed by atoms with Gasteiger partial charge in [-0.3, -0.25) is 14.5 Å². The molecule has 0 bridgehead atoms. The van der Waals surface area contributed by atoms with E-state index in [2.05, 4.69) is 21.6 Å². The van der Waals surface area contributed by atoms with E-state index in [1.54, 1.807) is 12.1 Å². The summed E-state index contributed by atoms with van der Waals surface area (Å²) in [5.74, 6) is -0.454. The minimum Gasteiger partial charge on any atom is -0.379 e. The quantitative estimate of drug-likeness (QED) is 0.768. The van der Waals surface area contributed by atoms with Crippen LogP contribution < -0.4 is 10.6 Å². The molecule has 6 nitrogen and oxygen atoms in total. The van der Waals surface area contributed by atoms with Crippen LogP contribution in [0.1, 0.15) is 27.0 Å². The lowest BCUT2D eigenvalue weighted by atomic mass is 10.1. The zero-order valence-corrected chi connectivity index (χ0v) is 16.2. The fourth-order valence-corrected chi connectivity index (χ4v) is 3.11. The maximum atomic E-state index is 12.2. The van der Waals surface area contributed by atoms with Crippen LogP contribution in [0.5, 0.6) is 0 Å². The Morgan fingerprint density at radius 3 is 2.36 bits per heavy atom. The first kappa shape index (κ1) is 20.0. The molecule has 1 aliphatic heterocycles. The Hall–Kier alpha value is -2.70. The number of nitrogens with one attached hydrogen (secondary N) is 2. The van der Waals surface area contributed by atoms with Crippen molar-refractivity contribution in [2.45, 2.75) is 20.0 Å². The summed E-state index contributed by atoms with van der Waals surface area (Å²) in [5.41, 5.74) is 3.93. The number of hydrogen-bond donors (Lipinski definition) is 2. The molecule has 0 saturated carbocycles. The van der Waals surface area contributed by atoms with Crippen LogP contribution in [0, 0.1) is 6.92 Å². The van der Waals surface area contributed by atoms with E-state index >= 15 is 0 Å². The lowest BCUT2D eigenvalue weighted by Gasteiger charge is -2.27. The lowest BCUT2D eigenvalue weighted by Crippen LogP contribution is -2.37. The number of amides is 2. The predicted molar refractivity (Wildman–Crippen MR) is 108 cm³/mol. The first-order valence-corrected chi connectivity index (χ1v) is 9.60. The lowest BCUT2D eigenvalue weighted by molar-refractivity contribution is -0.120. The summed E-state index contributed by atoms with van der Waals surface area (Å²) >= 11 is 0. The van der Waals surface area contributed by atoms with Crippen molar-refractivity contribution in [1.82, 2.24) is 15.5 Å². The molecule has 2 amide bonds. The third-order valence-electron chi connectivity index (χ3n) is 4.82. The van der Waals surface area contributed by atoms with Crippen LogP contribution in [0.2, 0.25) is 0 Å². The first-order chi connectivity index (χ1) is 13.6. The highest BCUT2D eigenvalue weighted by Crippen LogP contribution is 2.13. The van der Waals surface area contributed by atoms with Crippen molar-refractivity contribution in [3.8, 4) is 0 Å². The van der Waals surface area contributed by atoms with Crippen molar-refractivity contribution in [2.24, 2.45) is 0 Å². The van der Waals surface area contributed by atoms with Gasteiger partial charge in [0.1, 0.15) is 0 Å². The van der Waals surface area contributed by atoms with E-state index in [1.165, 1.54) is 5.56 Å². The second-order valence-corrected chi connectivity index (χ2v) is 6.98. The molecule has 1 aliphatic rings. The molecule has 0 atom stereocenters. The van der Waals surface area contributed by atoms with Crippen molar-refractivity contribution in [3.63, 3.8) is 0 Å². The molecule has 3 rings (SSSR count). The zero-order valence-electron chi connectivity index (χ0n) is 16.2. The van der Waals surface area contributed by atoms with E-state index in [0.29, 0.717) is 12.1 Å². The maximum absolute atomic E-state index is 12.2. The number of morpholine rings is 1. The van der Waals surface area contributed by atoms with Crippen molar-refractivity contribution >= 4 is 11.8 Å². The fourth-order valence-electron chi connectivity index (χ4n) is 3.11. The SMILES string of the molecule is Cc1ccc(C(=O)NCC(=O)NCc2ccccc2CN2CCOCC2)cc1. The van der Waals surface area contributed by atoms with Gasteiger partial charge in [0.2, 0.25) is 5.91 Å². The molecular formula is C22H27N3O3. The van der Waals surface area contributed by atoms with Gasteiger partial charge < -0.3 is 15.4 Å². The number of hydrogen-bond acceptors (Lipinski definition) is 4. The van der Waals surface area contributed by atoms with Gasteiger partial charge >= 0.3 is 0 Å². The van der Waals surface area contributed by atoms with Gasteiger partial charge in [0, 0.05) is 31.7 Å². The normalized spacial score (nSPS) is 14.5. The zero-order chi connectivity index (χ0) is 19.8. The van der Waals surface area contributed by atoms with Gasteiger partial charge in [0.15, 0.2) is 0 Å². The molecule has 148 valence electrons. The van der Waals surface area contributed by atoms with Crippen molar-refractivity contribution in [3.05, 3.63) is 70.8 Å². The Morgan fingerprint density at radius 2 is 1.64 bits per heavy atom. The van der Waals surface area contributed by atoms with E-state index in [4.69, 9.17) is 4.74 Å². The van der Waals surface area contributed by atoms with Gasteiger partial charge in [-0.1, -0.05) is 42.0 Å². The maximum Gasteiger partial charge on any atom is 0.251 e. The van der Waals surface area contributed by atoms with Crippen LogP contribution >= 0.6 is 0 Å². The molecule has 0 aliphatic carbocycles. The summed E-state index contributed by atoms with van der Waals surface area (Å²) in [7, 11) is 0. The fraction of sp³-hybridized carbons (Fsp3) is 0.364. The summed E-state index contributed by atoms with van der Waals surface area (Å²) in [6, 6.07) is 15.4. The molecule has 0 aromatic heterocycles. The first-order valence-electron chi connectivity index (χ1n) is 9.60. The molecule has 2 aromatic carbocycles. The molecule has 0 radical (unpaired) electrons. The van der Waals surface area contributed by atoms with Gasteiger partial charge in [0.05, 0.1) is 19.8 Å². The standard InChI is InChI=1S/C22H27N3O3/c1-17-6-8-18(9-7-17)22(27)24-15-21(26)23-14-19-4-2-3-5-20(19)16-25-10-12-28-13-11-25/h2-9H,10-16H2,1H3,(H,23,26)(H,24,27). The molecule has 0 unspecified atom stereocenters. The largest absolute Gasteiger partial charge is 0.379 e. The second-order valence-electron chi connectivity index (χ2n) is 6.98. The number of aryl methyl sites for hydroxylation is 1. The summed E-state index contributed by atoms with van der Waals surface area (Å²) in [4.78, 5) is 26.6. The Morgan fingerprint density at radius 1 is 0.964 bits per heavy atom. The number of ether oxygens (including phenoxy) is 1. The van der Waals surface area contributed by atoms with Gasteiger partial charge in [-0.15, -0.1) is 0 Å². The average molecular weight is 381 g/mol. The number of carbonyl (C=O) groups is 2. The highest BCUT2D eigenvalue weighted by atomic mass is 16.5. The van der Waals surface area contributed by atoms with Crippen molar-refractivity contribution in [2.75, 3.05) is 32.8 Å². The second kappa shape index (κ2) is 10.0. The van der Waals surface area contributed by atoms with Crippen LogP contribution in [0.3, 0.4) is 0 Å². The summed E-state index contributed by atoms with van der Waals surface area (Å²) in [5, 5.41) is 5.56. The Balaban J connectivity index is 1.47. The van der Waals surface area contributed by atoms with Crippen LogP contribution in [0.25, 0.3) is 0 Å². The minimum absolute atomic E-state index is 0.0433. The Bertz CT molecular complexity index is 799. The molecular weight excluding hydrogens is 354 g/mol. The van der Waals surface area contributed by atoms with Gasteiger partial charge in [-0.25, -0.2) is 0 Å². The number of rotatable bonds is 7. The molecule has 1 heterocycles. The third kappa shape index (κ3) is 5.90. The Kier molecular flexibility index (Phi) is 7.17. The molecule has 0 spiro atoms. The molecule has 1 saturated heterocycles. The van der Waals surface area contributed by atoms with Crippen molar-refractivity contribution < 1.29 is 14.3 Å². The van der Waals surface area contributed by atoms with E-state index < -0.39 is 0 Å². The summed E-state index contributed by atoms with van der Waals surface area (Å²) < 4.78 is 5.40. The minimum atomic E-state index is -0.247. The number of benzene rings is 2. The van der Waals surface area contributed by atoms with E-state index in [9.17, 15) is 9.59 Å². The summed E-state index contributed by atoms with van der Waals surface area (Å²) in [6.45, 7) is 6.58. The highest BCUT2D eigenvalue weighted by Gasteiger charge is 2.13. The van der Waals surface area contributed by atoms with Crippen molar-refractivity contribution in [1.29, 1.82) is 0 Å². The number of nitrogens with zero attached hydrogens (tertiary/aromatic N) is 1.